The molecule has 0 unspecified atom stereocenters. The molecule has 0 spiro atoms. The molecule has 0 saturated heterocycles. The van der Waals surface area contributed by atoms with Gasteiger partial charge in [0.2, 0.25) is 0 Å². The molecule has 10 heavy (non-hydrogen) atoms. The van der Waals surface area contributed by atoms with Crippen LogP contribution in [-0.4, -0.2) is 5.66 Å². The van der Waals surface area contributed by atoms with Gasteiger partial charge in [0, 0.05) is 0 Å². The maximum Gasteiger partial charge on any atom is 0.0934 e. The molecule has 0 aromatic heterocycles. The third kappa shape index (κ3) is 2.22. The summed E-state index contributed by atoms with van der Waals surface area (Å²) in [4.78, 5) is 0. The summed E-state index contributed by atoms with van der Waals surface area (Å²) in [6.07, 6.45) is 2.88. The molecule has 0 aromatic rings. The Morgan fingerprint density at radius 3 is 1.80 bits per heavy atom. The van der Waals surface area contributed by atoms with Crippen LogP contribution >= 0.6 is 0 Å². The van der Waals surface area contributed by atoms with Gasteiger partial charge in [-0.05, 0) is 12.8 Å². The standard InChI is InChI=1S/C6H18N4/c1-3-5-6(4-2,9-7)10-8/h9-10H,3-5,7-8H2,1-2H3. The molecule has 0 radical (unpaired) electrons. The van der Waals surface area contributed by atoms with Crippen LogP contribution in [0.25, 0.3) is 0 Å². The first-order chi connectivity index (χ1) is 4.74. The predicted octanol–water partition coefficient (Wildman–Crippen LogP) is -0.181. The van der Waals surface area contributed by atoms with E-state index < -0.39 is 0 Å². The maximum absolute atomic E-state index is 5.32. The summed E-state index contributed by atoms with van der Waals surface area (Å²) in [7, 11) is 0. The molecular weight excluding hydrogens is 128 g/mol. The molecule has 0 amide bonds. The Labute approximate surface area is 62.3 Å². The summed E-state index contributed by atoms with van der Waals surface area (Å²) in [5, 5.41) is 0. The zero-order valence-corrected chi connectivity index (χ0v) is 6.78. The van der Waals surface area contributed by atoms with Crippen molar-refractivity contribution in [2.75, 3.05) is 0 Å². The summed E-state index contributed by atoms with van der Waals surface area (Å²) in [5.41, 5.74) is 5.09. The van der Waals surface area contributed by atoms with E-state index in [4.69, 9.17) is 11.7 Å². The maximum atomic E-state index is 5.32. The average molecular weight is 146 g/mol. The zero-order valence-electron chi connectivity index (χ0n) is 6.78. The topological polar surface area (TPSA) is 76.1 Å². The highest BCUT2D eigenvalue weighted by molar-refractivity contribution is 4.77. The van der Waals surface area contributed by atoms with Crippen molar-refractivity contribution in [2.45, 2.75) is 38.8 Å². The fourth-order valence-electron chi connectivity index (χ4n) is 0.994. The summed E-state index contributed by atoms with van der Waals surface area (Å²) in [5.74, 6) is 10.6. The van der Waals surface area contributed by atoms with Crippen LogP contribution in [0.3, 0.4) is 0 Å². The number of hydrogen-bond acceptors (Lipinski definition) is 4. The smallest absolute Gasteiger partial charge is 0.0934 e. The Morgan fingerprint density at radius 1 is 1.20 bits per heavy atom. The fourth-order valence-corrected chi connectivity index (χ4v) is 0.994. The van der Waals surface area contributed by atoms with E-state index in [1.54, 1.807) is 0 Å². The van der Waals surface area contributed by atoms with Gasteiger partial charge in [0.1, 0.15) is 0 Å². The normalized spacial score (nSPS) is 12.0. The number of hydrazine groups is 2. The van der Waals surface area contributed by atoms with E-state index in [2.05, 4.69) is 17.8 Å². The number of rotatable bonds is 5. The molecular formula is C6H18N4. The molecule has 0 aliphatic heterocycles. The molecule has 0 aliphatic carbocycles. The van der Waals surface area contributed by atoms with E-state index in [1.165, 1.54) is 0 Å². The Bertz CT molecular complexity index is 71.6. The minimum Gasteiger partial charge on any atom is -0.270 e. The van der Waals surface area contributed by atoms with Gasteiger partial charge in [-0.15, -0.1) is 0 Å². The molecule has 0 aliphatic rings. The second-order valence-corrected chi connectivity index (χ2v) is 2.47. The number of hydrogen-bond donors (Lipinski definition) is 4. The van der Waals surface area contributed by atoms with Gasteiger partial charge in [0.15, 0.2) is 0 Å². The van der Waals surface area contributed by atoms with E-state index in [9.17, 15) is 0 Å². The highest BCUT2D eigenvalue weighted by Crippen LogP contribution is 2.10. The largest absolute Gasteiger partial charge is 0.270 e. The third-order valence-electron chi connectivity index (χ3n) is 1.83. The lowest BCUT2D eigenvalue weighted by Gasteiger charge is -2.30. The monoisotopic (exact) mass is 146 g/mol. The molecule has 4 heteroatoms. The van der Waals surface area contributed by atoms with E-state index in [1.807, 2.05) is 6.92 Å². The molecule has 0 rings (SSSR count). The van der Waals surface area contributed by atoms with Gasteiger partial charge in [-0.25, -0.2) is 10.9 Å². The van der Waals surface area contributed by atoms with Crippen LogP contribution in [0, 0.1) is 0 Å². The van der Waals surface area contributed by atoms with Crippen molar-refractivity contribution < 1.29 is 0 Å². The molecule has 6 N–H and O–H groups in total. The van der Waals surface area contributed by atoms with Crippen molar-refractivity contribution in [1.29, 1.82) is 0 Å². The first-order valence-corrected chi connectivity index (χ1v) is 3.70. The Hall–Kier alpha value is -0.160. The predicted molar refractivity (Wildman–Crippen MR) is 42.6 cm³/mol. The fraction of sp³-hybridized carbons (Fsp3) is 1.00. The molecule has 0 fully saturated rings. The highest BCUT2D eigenvalue weighted by Gasteiger charge is 2.22. The van der Waals surface area contributed by atoms with E-state index in [-0.39, 0.29) is 5.66 Å². The lowest BCUT2D eigenvalue weighted by atomic mass is 10.0. The molecule has 0 saturated carbocycles. The lowest BCUT2D eigenvalue weighted by molar-refractivity contribution is 0.231. The highest BCUT2D eigenvalue weighted by atomic mass is 15.4. The van der Waals surface area contributed by atoms with Gasteiger partial charge in [-0.3, -0.25) is 11.7 Å². The van der Waals surface area contributed by atoms with Crippen LogP contribution in [0.1, 0.15) is 33.1 Å². The number of nitrogens with two attached hydrogens (primary N) is 2. The second-order valence-electron chi connectivity index (χ2n) is 2.47. The van der Waals surface area contributed by atoms with Crippen LogP contribution in [0.5, 0.6) is 0 Å². The minimum absolute atomic E-state index is 0.269. The second kappa shape index (κ2) is 4.62. The van der Waals surface area contributed by atoms with Gasteiger partial charge >= 0.3 is 0 Å². The average Bonchev–Trinajstić information content (AvgIpc) is 2.01. The molecule has 0 bridgehead atoms. The lowest BCUT2D eigenvalue weighted by Crippen LogP contribution is -2.61. The van der Waals surface area contributed by atoms with Crippen molar-refractivity contribution >= 4 is 0 Å². The van der Waals surface area contributed by atoms with Gasteiger partial charge in [0.05, 0.1) is 5.66 Å². The Morgan fingerprint density at radius 2 is 1.70 bits per heavy atom. The van der Waals surface area contributed by atoms with Gasteiger partial charge in [-0.1, -0.05) is 20.3 Å². The minimum atomic E-state index is -0.269. The van der Waals surface area contributed by atoms with Crippen molar-refractivity contribution in [3.63, 3.8) is 0 Å². The van der Waals surface area contributed by atoms with Crippen LogP contribution in [0.15, 0.2) is 0 Å². The SMILES string of the molecule is CCCC(CC)(NN)NN. The summed E-state index contributed by atoms with van der Waals surface area (Å²) >= 11 is 0. The summed E-state index contributed by atoms with van der Waals surface area (Å²) in [6, 6.07) is 0. The Balaban J connectivity index is 3.87. The molecule has 0 atom stereocenters. The van der Waals surface area contributed by atoms with E-state index >= 15 is 0 Å². The van der Waals surface area contributed by atoms with Crippen molar-refractivity contribution in [3.8, 4) is 0 Å². The van der Waals surface area contributed by atoms with Gasteiger partial charge < -0.3 is 0 Å². The van der Waals surface area contributed by atoms with E-state index in [0.717, 1.165) is 19.3 Å². The zero-order chi connectivity index (χ0) is 8.04. The molecule has 4 nitrogen and oxygen atoms in total. The van der Waals surface area contributed by atoms with Crippen LogP contribution in [0.2, 0.25) is 0 Å². The molecule has 0 heterocycles. The van der Waals surface area contributed by atoms with Crippen LogP contribution < -0.4 is 22.5 Å². The van der Waals surface area contributed by atoms with Gasteiger partial charge in [-0.2, -0.15) is 0 Å². The van der Waals surface area contributed by atoms with Gasteiger partial charge in [0.25, 0.3) is 0 Å². The number of nitrogens with one attached hydrogen (secondary N) is 2. The van der Waals surface area contributed by atoms with E-state index in [0.29, 0.717) is 0 Å². The first kappa shape index (κ1) is 9.84. The quantitative estimate of drug-likeness (QED) is 0.246. The van der Waals surface area contributed by atoms with Crippen molar-refractivity contribution in [3.05, 3.63) is 0 Å². The Kier molecular flexibility index (Phi) is 4.55. The molecule has 0 aromatic carbocycles. The summed E-state index contributed by atoms with van der Waals surface area (Å²) < 4.78 is 0. The van der Waals surface area contributed by atoms with Crippen LogP contribution in [-0.2, 0) is 0 Å². The summed E-state index contributed by atoms with van der Waals surface area (Å²) in [6.45, 7) is 4.13. The van der Waals surface area contributed by atoms with Crippen molar-refractivity contribution in [2.24, 2.45) is 11.7 Å². The van der Waals surface area contributed by atoms with Crippen LogP contribution in [0.4, 0.5) is 0 Å². The first-order valence-electron chi connectivity index (χ1n) is 3.70. The van der Waals surface area contributed by atoms with Crippen molar-refractivity contribution in [1.82, 2.24) is 10.9 Å². The third-order valence-corrected chi connectivity index (χ3v) is 1.83. The molecule has 62 valence electrons.